The molecule has 0 spiro atoms. The van der Waals surface area contributed by atoms with Gasteiger partial charge in [-0.15, -0.1) is 0 Å². The van der Waals surface area contributed by atoms with Gasteiger partial charge < -0.3 is 10.6 Å². The molecule has 0 saturated heterocycles. The van der Waals surface area contributed by atoms with Crippen LogP contribution >= 0.6 is 0 Å². The van der Waals surface area contributed by atoms with Crippen molar-refractivity contribution in [3.05, 3.63) is 35.4 Å². The Labute approximate surface area is 115 Å². The van der Waals surface area contributed by atoms with Crippen molar-refractivity contribution >= 4 is 5.91 Å². The minimum atomic E-state index is -0.695. The molecule has 1 fully saturated rings. The van der Waals surface area contributed by atoms with Gasteiger partial charge in [0.25, 0.3) is 0 Å². The van der Waals surface area contributed by atoms with Gasteiger partial charge in [-0.1, -0.05) is 29.8 Å². The number of benzene rings is 1. The van der Waals surface area contributed by atoms with Gasteiger partial charge in [-0.3, -0.25) is 4.79 Å². The molecule has 1 aliphatic carbocycles. The first-order valence-corrected chi connectivity index (χ1v) is 7.09. The molecular weight excluding hydrogens is 236 g/mol. The van der Waals surface area contributed by atoms with Gasteiger partial charge >= 0.3 is 0 Å². The van der Waals surface area contributed by atoms with Gasteiger partial charge in [-0.25, -0.2) is 0 Å². The number of amides is 1. The highest BCUT2D eigenvalue weighted by molar-refractivity contribution is 5.86. The molecule has 104 valence electrons. The molecule has 0 aliphatic heterocycles. The van der Waals surface area contributed by atoms with Crippen molar-refractivity contribution in [3.8, 4) is 0 Å². The fraction of sp³-hybridized carbons (Fsp3) is 0.562. The summed E-state index contributed by atoms with van der Waals surface area (Å²) in [7, 11) is 0. The van der Waals surface area contributed by atoms with Crippen LogP contribution in [-0.4, -0.2) is 22.9 Å². The summed E-state index contributed by atoms with van der Waals surface area (Å²) in [5, 5.41) is 0. The fourth-order valence-electron chi connectivity index (χ4n) is 2.56. The predicted octanol–water partition coefficient (Wildman–Crippen LogP) is 2.47. The first-order valence-electron chi connectivity index (χ1n) is 7.09. The molecule has 19 heavy (non-hydrogen) atoms. The summed E-state index contributed by atoms with van der Waals surface area (Å²) in [5.74, 6) is 0.450. The topological polar surface area (TPSA) is 46.3 Å². The molecule has 0 radical (unpaired) electrons. The lowest BCUT2D eigenvalue weighted by Gasteiger charge is -2.31. The lowest BCUT2D eigenvalue weighted by molar-refractivity contribution is -0.137. The largest absolute Gasteiger partial charge is 0.337 e. The molecule has 1 aliphatic rings. The standard InChI is InChI=1S/C16H24N2O/c1-4-18(11-13-7-5-6-12(2)10-13)15(19)16(3,17)14-8-9-14/h5-7,10,14H,4,8-9,11,17H2,1-3H3. The van der Waals surface area contributed by atoms with Crippen molar-refractivity contribution < 1.29 is 4.79 Å². The van der Waals surface area contributed by atoms with Gasteiger partial charge in [0.15, 0.2) is 0 Å². The Morgan fingerprint density at radius 3 is 2.68 bits per heavy atom. The van der Waals surface area contributed by atoms with Crippen LogP contribution < -0.4 is 5.73 Å². The Morgan fingerprint density at radius 1 is 1.47 bits per heavy atom. The number of hydrogen-bond acceptors (Lipinski definition) is 2. The lowest BCUT2D eigenvalue weighted by atomic mass is 9.95. The van der Waals surface area contributed by atoms with E-state index in [4.69, 9.17) is 5.73 Å². The van der Waals surface area contributed by atoms with Crippen LogP contribution in [0.15, 0.2) is 24.3 Å². The van der Waals surface area contributed by atoms with Crippen LogP contribution in [0.2, 0.25) is 0 Å². The van der Waals surface area contributed by atoms with Crippen LogP contribution in [0.25, 0.3) is 0 Å². The molecule has 1 atom stereocenters. The van der Waals surface area contributed by atoms with Gasteiger partial charge in [-0.05, 0) is 45.1 Å². The number of nitrogens with zero attached hydrogens (tertiary/aromatic N) is 1. The van der Waals surface area contributed by atoms with E-state index < -0.39 is 5.54 Å². The Balaban J connectivity index is 2.09. The highest BCUT2D eigenvalue weighted by Crippen LogP contribution is 2.39. The maximum absolute atomic E-state index is 12.6. The summed E-state index contributed by atoms with van der Waals surface area (Å²) < 4.78 is 0. The number of rotatable bonds is 5. The molecule has 1 saturated carbocycles. The van der Waals surface area contributed by atoms with Crippen molar-refractivity contribution in [2.75, 3.05) is 6.54 Å². The Bertz CT molecular complexity index is 464. The number of carbonyl (C=O) groups is 1. The van der Waals surface area contributed by atoms with Crippen LogP contribution in [0.5, 0.6) is 0 Å². The summed E-state index contributed by atoms with van der Waals surface area (Å²) in [6, 6.07) is 8.29. The maximum atomic E-state index is 12.6. The average molecular weight is 260 g/mol. The van der Waals surface area contributed by atoms with Crippen LogP contribution in [0.4, 0.5) is 0 Å². The molecule has 1 unspecified atom stereocenters. The van der Waals surface area contributed by atoms with Gasteiger partial charge in [0.1, 0.15) is 0 Å². The average Bonchev–Trinajstić information content (AvgIpc) is 3.19. The zero-order chi connectivity index (χ0) is 14.0. The van der Waals surface area contributed by atoms with Crippen LogP contribution in [-0.2, 0) is 11.3 Å². The van der Waals surface area contributed by atoms with E-state index in [1.54, 1.807) is 0 Å². The molecule has 0 heterocycles. The SMILES string of the molecule is CCN(Cc1cccc(C)c1)C(=O)C(C)(N)C1CC1. The molecule has 3 heteroatoms. The van der Waals surface area contributed by atoms with Crippen LogP contribution in [0.1, 0.15) is 37.8 Å². The van der Waals surface area contributed by atoms with Crippen molar-refractivity contribution in [2.45, 2.75) is 45.7 Å². The second-order valence-corrected chi connectivity index (χ2v) is 5.87. The fourth-order valence-corrected chi connectivity index (χ4v) is 2.56. The van der Waals surface area contributed by atoms with Gasteiger partial charge in [0.05, 0.1) is 5.54 Å². The third-order valence-corrected chi connectivity index (χ3v) is 4.01. The van der Waals surface area contributed by atoms with E-state index in [0.717, 1.165) is 12.8 Å². The first-order chi connectivity index (χ1) is 8.95. The summed E-state index contributed by atoms with van der Waals surface area (Å²) in [6.45, 7) is 7.31. The predicted molar refractivity (Wildman–Crippen MR) is 77.6 cm³/mol. The molecule has 2 N–H and O–H groups in total. The normalized spacial score (nSPS) is 17.9. The molecular formula is C16H24N2O. The Kier molecular flexibility index (Phi) is 3.95. The molecule has 0 bridgehead atoms. The Morgan fingerprint density at radius 2 is 2.16 bits per heavy atom. The maximum Gasteiger partial charge on any atom is 0.242 e. The minimum Gasteiger partial charge on any atom is -0.337 e. The van der Waals surface area contributed by atoms with E-state index in [9.17, 15) is 4.79 Å². The third-order valence-electron chi connectivity index (χ3n) is 4.01. The highest BCUT2D eigenvalue weighted by atomic mass is 16.2. The summed E-state index contributed by atoms with van der Waals surface area (Å²) in [6.07, 6.45) is 2.17. The van der Waals surface area contributed by atoms with E-state index in [1.165, 1.54) is 11.1 Å². The Hall–Kier alpha value is -1.35. The molecule has 1 aromatic carbocycles. The van der Waals surface area contributed by atoms with Crippen LogP contribution in [0, 0.1) is 12.8 Å². The van der Waals surface area contributed by atoms with E-state index in [0.29, 0.717) is 19.0 Å². The molecule has 2 rings (SSSR count). The van der Waals surface area contributed by atoms with Crippen molar-refractivity contribution in [2.24, 2.45) is 11.7 Å². The van der Waals surface area contributed by atoms with E-state index >= 15 is 0 Å². The van der Waals surface area contributed by atoms with Gasteiger partial charge in [0, 0.05) is 13.1 Å². The highest BCUT2D eigenvalue weighted by Gasteiger charge is 2.45. The van der Waals surface area contributed by atoms with Gasteiger partial charge in [0.2, 0.25) is 5.91 Å². The summed E-state index contributed by atoms with van der Waals surface area (Å²) >= 11 is 0. The summed E-state index contributed by atoms with van der Waals surface area (Å²) in [5.41, 5.74) is 7.93. The zero-order valence-corrected chi connectivity index (χ0v) is 12.1. The monoisotopic (exact) mass is 260 g/mol. The molecule has 1 aromatic rings. The van der Waals surface area contributed by atoms with E-state index in [1.807, 2.05) is 24.8 Å². The molecule has 0 aromatic heterocycles. The van der Waals surface area contributed by atoms with Crippen molar-refractivity contribution in [1.29, 1.82) is 0 Å². The second kappa shape index (κ2) is 5.33. The number of aryl methyl sites for hydroxylation is 1. The lowest BCUT2D eigenvalue weighted by Crippen LogP contribution is -2.54. The molecule has 3 nitrogen and oxygen atoms in total. The molecule has 1 amide bonds. The number of carbonyl (C=O) groups excluding carboxylic acids is 1. The van der Waals surface area contributed by atoms with Crippen molar-refractivity contribution in [3.63, 3.8) is 0 Å². The first kappa shape index (κ1) is 14.1. The van der Waals surface area contributed by atoms with Crippen molar-refractivity contribution in [1.82, 2.24) is 4.90 Å². The number of nitrogens with two attached hydrogens (primary N) is 1. The zero-order valence-electron chi connectivity index (χ0n) is 12.1. The van der Waals surface area contributed by atoms with Crippen LogP contribution in [0.3, 0.4) is 0 Å². The quantitative estimate of drug-likeness (QED) is 0.884. The second-order valence-electron chi connectivity index (χ2n) is 5.87. The summed E-state index contributed by atoms with van der Waals surface area (Å²) in [4.78, 5) is 14.4. The van der Waals surface area contributed by atoms with Gasteiger partial charge in [-0.2, -0.15) is 0 Å². The number of likely N-dealkylation sites (N-methyl/N-ethyl adjacent to an activating group) is 1. The number of hydrogen-bond donors (Lipinski definition) is 1. The van der Waals surface area contributed by atoms with E-state index in [-0.39, 0.29) is 5.91 Å². The smallest absolute Gasteiger partial charge is 0.242 e. The minimum absolute atomic E-state index is 0.0824. The third kappa shape index (κ3) is 3.16. The van der Waals surface area contributed by atoms with E-state index in [2.05, 4.69) is 25.1 Å².